The van der Waals surface area contributed by atoms with Crippen LogP contribution in [-0.2, 0) is 100 Å². The van der Waals surface area contributed by atoms with Gasteiger partial charge in [-0.25, -0.2) is 19.2 Å². The number of nitrogens with one attached hydrogen (secondary N) is 5. The van der Waals surface area contributed by atoms with Gasteiger partial charge in [0.25, 0.3) is 6.47 Å². The summed E-state index contributed by atoms with van der Waals surface area (Å²) in [5, 5.41) is 30.6. The number of hydrogen-bond acceptors (Lipinski definition) is 29. The second-order valence-electron chi connectivity index (χ2n) is 21.5. The number of carboxylic acid groups (broad SMARTS) is 1. The molecule has 11 amide bonds. The number of ether oxygens (including phenoxy) is 5. The van der Waals surface area contributed by atoms with Gasteiger partial charge in [-0.2, -0.15) is 0 Å². The number of thioether (sulfide) groups is 2. The van der Waals surface area contributed by atoms with Crippen LogP contribution in [0.25, 0.3) is 0 Å². The average Bonchev–Trinajstić information content (AvgIpc) is 0.867. The summed E-state index contributed by atoms with van der Waals surface area (Å²) in [6.45, 7) is 22.8. The number of carbonyl (C=O) groups excluding carboxylic acids is 16. The number of cyclic esters (lactones) is 2. The molecule has 0 aromatic carbocycles. The van der Waals surface area contributed by atoms with Crippen LogP contribution in [0.4, 0.5) is 9.59 Å². The van der Waals surface area contributed by atoms with Gasteiger partial charge < -0.3 is 113 Å². The maximum atomic E-state index is 11.6. The van der Waals surface area contributed by atoms with Gasteiger partial charge in [-0.1, -0.05) is 15.9 Å². The number of alkyl carbamates (subject to hydrolysis) is 2. The van der Waals surface area contributed by atoms with Gasteiger partial charge in [0.05, 0.1) is 36.2 Å². The third-order valence-electron chi connectivity index (χ3n) is 11.0. The number of carboxylic acids is 1. The molecule has 10 N–H and O–H groups in total. The first-order valence-electron chi connectivity index (χ1n) is 29.9. The van der Waals surface area contributed by atoms with Crippen LogP contribution in [0.5, 0.6) is 0 Å². The Morgan fingerprint density at radius 2 is 1.00 bits per heavy atom. The van der Waals surface area contributed by atoms with Crippen LogP contribution in [-0.4, -0.2) is 340 Å². The molecule has 0 aromatic rings. The summed E-state index contributed by atoms with van der Waals surface area (Å²) in [5.41, 5.74) is 9.40. The number of nitrogens with two attached hydrogens (primary N) is 2. The Kier molecular flexibility index (Phi) is 71.9. The predicted octanol–water partition coefficient (Wildman–Crippen LogP) is -10.7. The molecule has 45 heteroatoms. The summed E-state index contributed by atoms with van der Waals surface area (Å²) >= 11 is 5.48. The Hall–Kier alpha value is -3.80. The van der Waals surface area contributed by atoms with Crippen LogP contribution in [0.1, 0.15) is 59.7 Å². The fourth-order valence-corrected chi connectivity index (χ4v) is 7.73. The number of amides is 11. The van der Waals surface area contributed by atoms with Crippen LogP contribution in [0.15, 0.2) is 0 Å². The molecule has 0 radical (unpaired) electrons. The quantitative estimate of drug-likeness (QED) is 0.00870. The molecule has 0 aromatic heterocycles. The number of esters is 4. The van der Waals surface area contributed by atoms with E-state index in [-0.39, 0.29) is 217 Å². The van der Waals surface area contributed by atoms with Crippen LogP contribution < -0.4 is 181 Å². The molecule has 0 saturated carbocycles. The predicted molar refractivity (Wildman–Crippen MR) is 367 cm³/mol. The van der Waals surface area contributed by atoms with Crippen molar-refractivity contribution < 1.29 is 263 Å². The van der Waals surface area contributed by atoms with Gasteiger partial charge in [0.1, 0.15) is 11.2 Å². The van der Waals surface area contributed by atoms with Gasteiger partial charge in [0.2, 0.25) is 5.91 Å². The number of alkyl halides is 1. The number of carbonyl (C=O) groups is 17. The maximum absolute atomic E-state index is 11.6. The van der Waals surface area contributed by atoms with Crippen LogP contribution in [0, 0.1) is 0 Å². The van der Waals surface area contributed by atoms with E-state index in [2.05, 4.69) is 61.6 Å². The van der Waals surface area contributed by atoms with Gasteiger partial charge in [0.15, 0.2) is 0 Å². The minimum Gasteiger partial charge on any atom is -1.00 e. The van der Waals surface area contributed by atoms with E-state index >= 15 is 0 Å². The van der Waals surface area contributed by atoms with Gasteiger partial charge in [-0.05, 0) is 62.4 Å². The van der Waals surface area contributed by atoms with E-state index in [1.807, 2.05) is 27.8 Å². The second kappa shape index (κ2) is 65.7. The molecule has 576 valence electrons. The first-order valence-corrected chi connectivity index (χ1v) is 33.4. The molecular formula is C56H104BrClCs2N14O25S2. The summed E-state index contributed by atoms with van der Waals surface area (Å²) in [5.74, 6) is -7.36. The van der Waals surface area contributed by atoms with Crippen LogP contribution in [0.2, 0.25) is 0 Å². The zero-order valence-electron chi connectivity index (χ0n) is 61.2. The van der Waals surface area contributed by atoms with Gasteiger partial charge in [0, 0.05) is 148 Å². The summed E-state index contributed by atoms with van der Waals surface area (Å²) in [7, 11) is 8.28. The first kappa shape index (κ1) is 111. The van der Waals surface area contributed by atoms with Crippen LogP contribution >= 0.6 is 51.9 Å². The zero-order valence-corrected chi connectivity index (χ0v) is 76.8. The first-order chi connectivity index (χ1) is 45.8. The Bertz CT molecular complexity index is 2580. The van der Waals surface area contributed by atoms with E-state index in [4.69, 9.17) is 36.1 Å². The molecule has 101 heavy (non-hydrogen) atoms. The Morgan fingerprint density at radius 1 is 0.624 bits per heavy atom. The number of likely N-dealkylation sites (N-methyl/N-ethyl adjacent to an activating group) is 5. The van der Waals surface area contributed by atoms with E-state index in [9.17, 15) is 76.7 Å². The van der Waals surface area contributed by atoms with Crippen molar-refractivity contribution in [1.82, 2.24) is 60.9 Å². The number of hydrogen-bond donors (Lipinski definition) is 8. The molecule has 0 unspecified atom stereocenters. The average molecular weight is 1820 g/mol. The van der Waals surface area contributed by atoms with E-state index in [0.29, 0.717) is 90.0 Å². The molecule has 39 nitrogen and oxygen atoms in total. The maximum Gasteiger partial charge on any atom is 1.00 e. The van der Waals surface area contributed by atoms with E-state index in [1.165, 1.54) is 46.1 Å². The van der Waals surface area contributed by atoms with Crippen molar-refractivity contribution in [3.05, 3.63) is 0 Å². The number of halogens is 2. The van der Waals surface area contributed by atoms with Gasteiger partial charge in [-0.3, -0.25) is 62.3 Å². The van der Waals surface area contributed by atoms with Crippen molar-refractivity contribution in [2.75, 3.05) is 188 Å². The standard InChI is InChI=1S/C12H21N3O4.C11H17N3O5S.C7H14BrNO2.C7H13N3O2.C6H10O4.C5H8N2O2.C4H4O3S.C3H10N2.CH2O3.ClH.2Cs.2H2.H/c1-12(2,3)19-11(18)13-5-6-15-8-7-14(4)9(16)10(15)17;1-13-4-5-14(11(19)10(13)18)3-2-12-8(15)6-20-7-9(16)17;1-7(2,3)11-6(10)9-5-4-8;1-9-4-5-10(3-2-8)7(12)6(9)11;1-3-9-5(7)6(8)10-4-2;1-7-3-2-6-4(8)5(7)9;5-3-1-8-2-4(6)7-3;1-5-3-2-4;2-1-4-3;;;;;;/h5-8H2,1-4H3,(H,13,18);2-7H2,1H3,(H,12,15)(H,16,17);4-5H2,1-3H3,(H,9,10);2-5,8H2,1H3;3-4H2,1-2H3;2-3H2,1H3,(H,6,8);1-2H2;5H,2-4H2,1H3;1,3H;1H;;;2*1H;/q;;;;;;;;;;2*+1;;;-1/p-1. The van der Waals surface area contributed by atoms with Gasteiger partial charge >= 0.3 is 227 Å². The Balaban J connectivity index is -0.000000123. The Morgan fingerprint density at radius 3 is 1.29 bits per heavy atom. The summed E-state index contributed by atoms with van der Waals surface area (Å²) in [6, 6.07) is 0. The van der Waals surface area contributed by atoms with Crippen molar-refractivity contribution in [2.24, 2.45) is 11.5 Å². The number of piperazine rings is 4. The molecular weight excluding hydrogens is 1710 g/mol. The molecule has 5 aliphatic rings. The van der Waals surface area contributed by atoms with E-state index in [0.717, 1.165) is 30.2 Å². The molecule has 5 saturated heterocycles. The topological polar surface area (TPSA) is 524 Å². The normalized spacial score (nSPS) is 14.5. The second-order valence-corrected chi connectivity index (χ2v) is 24.2. The minimum atomic E-state index is -0.968. The van der Waals surface area contributed by atoms with Crippen molar-refractivity contribution in [3.8, 4) is 0 Å². The molecule has 5 fully saturated rings. The molecule has 5 rings (SSSR count). The SMILES string of the molecule is CC(C)(C)OC(=O)NCCBr.CCOC(=O)C(=O)OCC.CN1CCN(CCN)C(=O)C1=O.CN1CCN(CCNC(=O)CSCC(=O)O)C(=O)C1=O.CN1CCN(CCNC(=O)OC(C)(C)C)C(=O)C1=O.CN1CCNC(=O)C1=O.CNCCN.Cl.O=C1CSCC(=O)O1.O=CO[O-].[Cs+].[Cs+].[H-].[HH].[HH]. The molecule has 0 aliphatic carbocycles. The molecule has 5 aliphatic heterocycles. The minimum absolute atomic E-state index is 0. The number of aliphatic carboxylic acids is 1. The van der Waals surface area contributed by atoms with E-state index < -0.39 is 94.4 Å². The summed E-state index contributed by atoms with van der Waals surface area (Å²) < 4.78 is 22.9. The zero-order chi connectivity index (χ0) is 76.1. The fourth-order valence-electron chi connectivity index (χ4n) is 6.41. The smallest absolute Gasteiger partial charge is 1.00 e. The van der Waals surface area contributed by atoms with Crippen molar-refractivity contribution in [3.63, 3.8) is 0 Å². The van der Waals surface area contributed by atoms with Crippen molar-refractivity contribution in [1.29, 1.82) is 0 Å². The summed E-state index contributed by atoms with van der Waals surface area (Å²) in [4.78, 5) is 196. The molecule has 0 bridgehead atoms. The Labute approximate surface area is 733 Å². The third-order valence-corrected chi connectivity index (χ3v) is 13.2. The van der Waals surface area contributed by atoms with Crippen molar-refractivity contribution in [2.45, 2.75) is 66.6 Å². The van der Waals surface area contributed by atoms with Crippen molar-refractivity contribution >= 4 is 154 Å². The van der Waals surface area contributed by atoms with Crippen LogP contribution in [0.3, 0.4) is 0 Å². The van der Waals surface area contributed by atoms with E-state index in [1.54, 1.807) is 62.8 Å². The third kappa shape index (κ3) is 60.1. The number of nitrogens with zero attached hydrogens (tertiary/aromatic N) is 7. The molecule has 5 heterocycles. The number of rotatable bonds is 19. The molecule has 0 spiro atoms. The largest absolute Gasteiger partial charge is 1.00 e. The molecule has 0 atom stereocenters. The van der Waals surface area contributed by atoms with Gasteiger partial charge in [-0.15, -0.1) is 35.9 Å². The monoisotopic (exact) mass is 1820 g/mol. The fraction of sp³-hybridized carbons (Fsp3) is 0.696. The summed E-state index contributed by atoms with van der Waals surface area (Å²) in [6.07, 6.45) is -0.891.